The molecule has 1 N–H and O–H groups in total. The molecule has 0 unspecified atom stereocenters. The predicted molar refractivity (Wildman–Crippen MR) is 71.7 cm³/mol. The molecule has 0 aliphatic heterocycles. The molecule has 0 spiro atoms. The molecule has 0 fully saturated rings. The summed E-state index contributed by atoms with van der Waals surface area (Å²) >= 11 is 3.25. The molecule has 0 heterocycles. The maximum Gasteiger partial charge on any atom is 0.331 e. The second-order valence-electron chi connectivity index (χ2n) is 4.78. The van der Waals surface area contributed by atoms with E-state index < -0.39 is 0 Å². The number of carbonyl (C=O) groups is 1. The van der Waals surface area contributed by atoms with E-state index in [9.17, 15) is 9.70 Å². The molecule has 1 aromatic rings. The zero-order valence-electron chi connectivity index (χ0n) is 10.8. The minimum atomic E-state index is -0.342. The highest BCUT2D eigenvalue weighted by Gasteiger charge is 2.25. The number of hydrogen-bond donors (Lipinski definition) is 1. The minimum absolute atomic E-state index is 0.249. The number of amides is 1. The van der Waals surface area contributed by atoms with Gasteiger partial charge in [0, 0.05) is 11.6 Å². The van der Waals surface area contributed by atoms with Crippen molar-refractivity contribution in [2.45, 2.75) is 26.3 Å². The van der Waals surface area contributed by atoms with Crippen LogP contribution in [0.3, 0.4) is 0 Å². The third kappa shape index (κ3) is 3.53. The fourth-order valence-electron chi connectivity index (χ4n) is 1.34. The van der Waals surface area contributed by atoms with E-state index in [1.807, 2.05) is 20.8 Å². The van der Waals surface area contributed by atoms with Crippen LogP contribution in [0.2, 0.25) is 0 Å². The van der Waals surface area contributed by atoms with Crippen molar-refractivity contribution in [2.75, 3.05) is 7.11 Å². The van der Waals surface area contributed by atoms with Crippen LogP contribution in [0.4, 0.5) is 5.69 Å². The van der Waals surface area contributed by atoms with Gasteiger partial charge in [-0.3, -0.25) is 4.79 Å². The summed E-state index contributed by atoms with van der Waals surface area (Å²) in [4.78, 5) is 28.4. The van der Waals surface area contributed by atoms with Crippen molar-refractivity contribution >= 4 is 27.5 Å². The highest BCUT2D eigenvalue weighted by molar-refractivity contribution is 9.10. The van der Waals surface area contributed by atoms with Crippen molar-refractivity contribution in [2.24, 2.45) is 0 Å². The SMILES string of the molecule is CO[N+](=O)c1cccc(C(=O)NC(C)(C)C)c1Br. The molecule has 0 aliphatic carbocycles. The maximum atomic E-state index is 12.0. The fraction of sp³-hybridized carbons (Fsp3) is 0.417. The van der Waals surface area contributed by atoms with Crippen molar-refractivity contribution < 1.29 is 14.6 Å². The lowest BCUT2D eigenvalue weighted by molar-refractivity contribution is -0.737. The summed E-state index contributed by atoms with van der Waals surface area (Å²) < 4.78 is 0.406. The average molecular weight is 316 g/mol. The van der Waals surface area contributed by atoms with Crippen LogP contribution in [0.1, 0.15) is 31.1 Å². The molecule has 0 aromatic heterocycles. The minimum Gasteiger partial charge on any atom is -0.347 e. The average Bonchev–Trinajstić information content (AvgIpc) is 2.26. The predicted octanol–water partition coefficient (Wildman–Crippen LogP) is 2.95. The summed E-state index contributed by atoms with van der Waals surface area (Å²) in [6, 6.07) is 4.83. The molecule has 18 heavy (non-hydrogen) atoms. The molecule has 6 heteroatoms. The standard InChI is InChI=1S/C12H15BrN2O3/c1-12(2,3)14-11(16)8-6-5-7-9(10(8)13)15(17)18-4/h5-7H,1-4H3/p+1. The van der Waals surface area contributed by atoms with Crippen molar-refractivity contribution in [3.63, 3.8) is 0 Å². The number of halogens is 1. The van der Waals surface area contributed by atoms with Gasteiger partial charge in [0.1, 0.15) is 4.47 Å². The van der Waals surface area contributed by atoms with Crippen molar-refractivity contribution in [1.29, 1.82) is 0 Å². The lowest BCUT2D eigenvalue weighted by atomic mass is 10.1. The molecule has 1 aromatic carbocycles. The zero-order valence-corrected chi connectivity index (χ0v) is 12.4. The van der Waals surface area contributed by atoms with Crippen LogP contribution < -0.4 is 5.32 Å². The Kier molecular flexibility index (Phi) is 4.45. The van der Waals surface area contributed by atoms with Crippen LogP contribution in [0.15, 0.2) is 22.7 Å². The Morgan fingerprint density at radius 1 is 1.39 bits per heavy atom. The van der Waals surface area contributed by atoms with Gasteiger partial charge < -0.3 is 5.32 Å². The Morgan fingerprint density at radius 2 is 2.00 bits per heavy atom. The molecular formula is C12H16BrN2O3+. The van der Waals surface area contributed by atoms with Gasteiger partial charge in [-0.25, -0.2) is 4.84 Å². The maximum absolute atomic E-state index is 12.0. The van der Waals surface area contributed by atoms with E-state index in [2.05, 4.69) is 26.1 Å². The monoisotopic (exact) mass is 315 g/mol. The van der Waals surface area contributed by atoms with Gasteiger partial charge in [0.15, 0.2) is 7.11 Å². The first-order chi connectivity index (χ1) is 8.26. The molecule has 0 saturated heterocycles. The van der Waals surface area contributed by atoms with Gasteiger partial charge in [-0.15, -0.1) is 0 Å². The van der Waals surface area contributed by atoms with E-state index in [4.69, 9.17) is 0 Å². The Morgan fingerprint density at radius 3 is 2.50 bits per heavy atom. The van der Waals surface area contributed by atoms with Gasteiger partial charge in [0.2, 0.25) is 0 Å². The largest absolute Gasteiger partial charge is 0.347 e. The van der Waals surface area contributed by atoms with Crippen LogP contribution in [0.25, 0.3) is 0 Å². The van der Waals surface area contributed by atoms with Crippen LogP contribution in [-0.2, 0) is 4.84 Å². The molecule has 98 valence electrons. The van der Waals surface area contributed by atoms with E-state index in [0.717, 1.165) is 0 Å². The molecule has 0 bridgehead atoms. The summed E-state index contributed by atoms with van der Waals surface area (Å²) in [7, 11) is 1.27. The first kappa shape index (κ1) is 14.6. The van der Waals surface area contributed by atoms with E-state index in [-0.39, 0.29) is 17.1 Å². The normalized spacial score (nSPS) is 10.9. The highest BCUT2D eigenvalue weighted by Crippen LogP contribution is 2.28. The van der Waals surface area contributed by atoms with Gasteiger partial charge in [0.05, 0.1) is 10.5 Å². The highest BCUT2D eigenvalue weighted by atomic mass is 79.9. The third-order valence-corrected chi connectivity index (χ3v) is 2.91. The van der Waals surface area contributed by atoms with E-state index in [1.54, 1.807) is 18.2 Å². The quantitative estimate of drug-likeness (QED) is 0.872. The summed E-state index contributed by atoms with van der Waals surface area (Å²) in [5, 5.41) is 2.83. The summed E-state index contributed by atoms with van der Waals surface area (Å²) in [6.07, 6.45) is 0. The molecule has 0 aliphatic rings. The Bertz CT molecular complexity index is 481. The molecule has 1 rings (SSSR count). The van der Waals surface area contributed by atoms with E-state index in [0.29, 0.717) is 15.0 Å². The summed E-state index contributed by atoms with van der Waals surface area (Å²) in [5.74, 6) is -0.249. The zero-order chi connectivity index (χ0) is 13.9. The van der Waals surface area contributed by atoms with Gasteiger partial charge in [0.25, 0.3) is 10.8 Å². The Labute approximate surface area is 114 Å². The van der Waals surface area contributed by atoms with Gasteiger partial charge in [-0.05, 0) is 42.8 Å². The van der Waals surface area contributed by atoms with Crippen molar-refractivity contribution in [3.05, 3.63) is 33.1 Å². The summed E-state index contributed by atoms with van der Waals surface area (Å²) in [5.41, 5.74) is 0.296. The molecule has 0 atom stereocenters. The fourth-order valence-corrected chi connectivity index (χ4v) is 1.93. The van der Waals surface area contributed by atoms with Crippen molar-refractivity contribution in [1.82, 2.24) is 5.32 Å². The lowest BCUT2D eigenvalue weighted by Crippen LogP contribution is -2.40. The molecule has 0 radical (unpaired) electrons. The molecule has 1 amide bonds. The van der Waals surface area contributed by atoms with Crippen molar-refractivity contribution in [3.8, 4) is 0 Å². The van der Waals surface area contributed by atoms with Crippen LogP contribution >= 0.6 is 15.9 Å². The summed E-state index contributed by atoms with van der Waals surface area (Å²) in [6.45, 7) is 5.66. The van der Waals surface area contributed by atoms with Crippen LogP contribution in [-0.4, -0.2) is 23.5 Å². The number of hydrogen-bond acceptors (Lipinski definition) is 3. The van der Waals surface area contributed by atoms with Crippen LogP contribution in [0.5, 0.6) is 0 Å². The van der Waals surface area contributed by atoms with Gasteiger partial charge in [-0.2, -0.15) is 0 Å². The van der Waals surface area contributed by atoms with E-state index in [1.165, 1.54) is 7.11 Å². The number of benzene rings is 1. The Balaban J connectivity index is 3.11. The third-order valence-electron chi connectivity index (χ3n) is 2.07. The smallest absolute Gasteiger partial charge is 0.331 e. The van der Waals surface area contributed by atoms with Gasteiger partial charge in [-0.1, -0.05) is 6.07 Å². The second-order valence-corrected chi connectivity index (χ2v) is 5.58. The molecule has 5 nitrogen and oxygen atoms in total. The first-order valence-corrected chi connectivity index (χ1v) is 6.18. The molecular weight excluding hydrogens is 300 g/mol. The molecule has 0 saturated carbocycles. The Hall–Kier alpha value is -1.43. The second kappa shape index (κ2) is 5.48. The first-order valence-electron chi connectivity index (χ1n) is 5.38. The number of rotatable bonds is 3. The number of nitrogens with zero attached hydrogens (tertiary/aromatic N) is 1. The number of nitrogens with one attached hydrogen (secondary N) is 1. The van der Waals surface area contributed by atoms with E-state index >= 15 is 0 Å². The topological polar surface area (TPSA) is 58.4 Å². The number of carbonyl (C=O) groups excluding carboxylic acids is 1. The lowest BCUT2D eigenvalue weighted by Gasteiger charge is -2.20. The van der Waals surface area contributed by atoms with Crippen LogP contribution in [0, 0.1) is 4.91 Å². The van der Waals surface area contributed by atoms with Gasteiger partial charge >= 0.3 is 5.69 Å².